The predicted octanol–water partition coefficient (Wildman–Crippen LogP) is 4.28. The summed E-state index contributed by atoms with van der Waals surface area (Å²) in [5, 5.41) is 2.97. The van der Waals surface area contributed by atoms with Gasteiger partial charge in [-0.1, -0.05) is 23.3 Å². The Morgan fingerprint density at radius 3 is 2.45 bits per heavy atom. The molecule has 198 valence electrons. The van der Waals surface area contributed by atoms with E-state index in [2.05, 4.69) is 35.7 Å². The van der Waals surface area contributed by atoms with Crippen LogP contribution in [0, 0.1) is 11.6 Å². The van der Waals surface area contributed by atoms with Crippen molar-refractivity contribution in [3.8, 4) is 11.3 Å². The molecule has 0 spiro atoms. The first-order valence-corrected chi connectivity index (χ1v) is 13.9. The van der Waals surface area contributed by atoms with Crippen molar-refractivity contribution < 1.29 is 8.78 Å². The second-order valence-electron chi connectivity index (χ2n) is 8.98. The third-order valence-electron chi connectivity index (χ3n) is 6.26. The molecular formula is C25H25F2N7O2S2. The number of piperazine rings is 1. The van der Waals surface area contributed by atoms with E-state index in [0.29, 0.717) is 17.2 Å². The molecule has 0 radical (unpaired) electrons. The van der Waals surface area contributed by atoms with Gasteiger partial charge in [0.15, 0.2) is 5.82 Å². The van der Waals surface area contributed by atoms with Crippen LogP contribution in [-0.4, -0.2) is 56.3 Å². The Hall–Kier alpha value is -3.42. The summed E-state index contributed by atoms with van der Waals surface area (Å²) >= 11 is 2.28. The molecule has 4 heterocycles. The van der Waals surface area contributed by atoms with E-state index >= 15 is 4.39 Å². The summed E-state index contributed by atoms with van der Waals surface area (Å²) in [6, 6.07) is 5.91. The Kier molecular flexibility index (Phi) is 7.41. The van der Waals surface area contributed by atoms with Crippen molar-refractivity contribution in [1.82, 2.24) is 23.8 Å². The predicted molar refractivity (Wildman–Crippen MR) is 149 cm³/mol. The van der Waals surface area contributed by atoms with E-state index < -0.39 is 28.0 Å². The Morgan fingerprint density at radius 1 is 1.03 bits per heavy atom. The average Bonchev–Trinajstić information content (AvgIpc) is 2.91. The van der Waals surface area contributed by atoms with E-state index in [1.807, 2.05) is 6.07 Å². The molecule has 0 saturated carbocycles. The number of aromatic nitrogens is 4. The first-order chi connectivity index (χ1) is 18.2. The van der Waals surface area contributed by atoms with Crippen LogP contribution in [0.3, 0.4) is 0 Å². The second-order valence-corrected chi connectivity index (χ2v) is 10.8. The monoisotopic (exact) mass is 557 g/mol. The van der Waals surface area contributed by atoms with Crippen molar-refractivity contribution in [3.05, 3.63) is 68.2 Å². The lowest BCUT2D eigenvalue weighted by atomic mass is 10.1. The number of nitrogens with zero attached hydrogens (tertiary/aromatic N) is 6. The van der Waals surface area contributed by atoms with Gasteiger partial charge in [0.2, 0.25) is 5.95 Å². The summed E-state index contributed by atoms with van der Waals surface area (Å²) in [7, 11) is 0. The molecule has 1 aliphatic heterocycles. The molecule has 13 heteroatoms. The molecule has 1 fully saturated rings. The first-order valence-electron chi connectivity index (χ1n) is 11.9. The van der Waals surface area contributed by atoms with Crippen molar-refractivity contribution in [1.29, 1.82) is 0 Å². The topological polar surface area (TPSA) is 96.2 Å². The quantitative estimate of drug-likeness (QED) is 0.275. The first kappa shape index (κ1) is 26.2. The molecule has 0 amide bonds. The molecule has 1 N–H and O–H groups in total. The number of hydrogen-bond acceptors (Lipinski definition) is 10. The number of hydrogen-bond donors (Lipinski definition) is 1. The van der Waals surface area contributed by atoms with Crippen LogP contribution in [0.2, 0.25) is 0 Å². The van der Waals surface area contributed by atoms with Gasteiger partial charge in [-0.3, -0.25) is 9.59 Å². The Labute approximate surface area is 225 Å². The van der Waals surface area contributed by atoms with Crippen molar-refractivity contribution in [2.24, 2.45) is 0 Å². The summed E-state index contributed by atoms with van der Waals surface area (Å²) in [4.78, 5) is 39.5. The molecular weight excluding hydrogens is 532 g/mol. The summed E-state index contributed by atoms with van der Waals surface area (Å²) in [6.45, 7) is 7.17. The van der Waals surface area contributed by atoms with Gasteiger partial charge in [-0.05, 0) is 44.4 Å². The number of benzene rings is 1. The molecule has 9 nitrogen and oxygen atoms in total. The summed E-state index contributed by atoms with van der Waals surface area (Å²) in [5.74, 6) is -0.950. The van der Waals surface area contributed by atoms with Crippen molar-refractivity contribution in [2.75, 3.05) is 42.7 Å². The molecule has 1 aromatic carbocycles. The zero-order valence-corrected chi connectivity index (χ0v) is 22.6. The van der Waals surface area contributed by atoms with Gasteiger partial charge in [0.1, 0.15) is 17.3 Å². The Balaban J connectivity index is 1.44. The lowest BCUT2D eigenvalue weighted by Crippen LogP contribution is -2.43. The maximum atomic E-state index is 15.1. The zero-order chi connectivity index (χ0) is 27.0. The van der Waals surface area contributed by atoms with E-state index in [4.69, 9.17) is 0 Å². The largest absolute Gasteiger partial charge is 0.368 e. The number of fused-ring (bicyclic) bond motifs is 1. The molecule has 5 rings (SSSR count). The van der Waals surface area contributed by atoms with Crippen LogP contribution in [0.5, 0.6) is 0 Å². The molecule has 38 heavy (non-hydrogen) atoms. The van der Waals surface area contributed by atoms with Crippen LogP contribution < -0.4 is 20.5 Å². The lowest BCUT2D eigenvalue weighted by molar-refractivity contribution is 0.431. The molecule has 3 aromatic heterocycles. The van der Waals surface area contributed by atoms with Gasteiger partial charge in [-0.25, -0.2) is 28.0 Å². The van der Waals surface area contributed by atoms with Crippen LogP contribution in [0.4, 0.5) is 26.2 Å². The smallest absolute Gasteiger partial charge is 0.309 e. The molecule has 0 atom stereocenters. The van der Waals surface area contributed by atoms with Crippen LogP contribution in [0.1, 0.15) is 19.9 Å². The molecule has 0 bridgehead atoms. The minimum atomic E-state index is -0.765. The van der Waals surface area contributed by atoms with Crippen LogP contribution >= 0.6 is 23.3 Å². The zero-order valence-electron chi connectivity index (χ0n) is 20.9. The van der Waals surface area contributed by atoms with Gasteiger partial charge >= 0.3 is 5.56 Å². The van der Waals surface area contributed by atoms with Gasteiger partial charge in [0.25, 0.3) is 4.74 Å². The number of pyridine rings is 1. The van der Waals surface area contributed by atoms with Gasteiger partial charge < -0.3 is 14.8 Å². The number of halogens is 2. The van der Waals surface area contributed by atoms with Crippen LogP contribution in [0.15, 0.2) is 46.2 Å². The van der Waals surface area contributed by atoms with Crippen molar-refractivity contribution in [3.63, 3.8) is 0 Å². The fourth-order valence-electron chi connectivity index (χ4n) is 4.37. The maximum Gasteiger partial charge on any atom is 0.309 e. The highest BCUT2D eigenvalue weighted by atomic mass is 32.2. The SMILES string of the molecule is CSN1CCN(c2ccc(Nc3ncc(F)c(-c4cc(F)c5sc(=O)c(=O)n(C(C)C)c5c4)n3)nc2)CC1. The van der Waals surface area contributed by atoms with Gasteiger partial charge in [-0.2, -0.15) is 0 Å². The standard InChI is InChI=1S/C25H25F2N7O2S2/c1-14(2)34-19-11-15(10-17(26)22(19)38-24(36)23(34)35)21-18(27)13-29-25(31-21)30-20-5-4-16(12-28-20)32-6-8-33(37-3)9-7-32/h4-5,10-14H,6-9H2,1-3H3,(H,28,29,30,31). The third-order valence-corrected chi connectivity index (χ3v) is 8.11. The average molecular weight is 558 g/mol. The number of anilines is 3. The van der Waals surface area contributed by atoms with Crippen LogP contribution in [-0.2, 0) is 0 Å². The van der Waals surface area contributed by atoms with E-state index in [1.54, 1.807) is 38.1 Å². The highest BCUT2D eigenvalue weighted by molar-refractivity contribution is 7.96. The number of nitrogens with one attached hydrogen (secondary N) is 1. The highest BCUT2D eigenvalue weighted by Gasteiger charge is 2.19. The van der Waals surface area contributed by atoms with Crippen molar-refractivity contribution >= 4 is 51.0 Å². The fraction of sp³-hybridized carbons (Fsp3) is 0.320. The third kappa shape index (κ3) is 5.13. The van der Waals surface area contributed by atoms with Gasteiger partial charge in [-0.15, -0.1) is 0 Å². The molecule has 0 unspecified atom stereocenters. The summed E-state index contributed by atoms with van der Waals surface area (Å²) in [5.41, 5.74) is 0.422. The van der Waals surface area contributed by atoms with E-state index in [-0.39, 0.29) is 27.4 Å². The fourth-order valence-corrected chi connectivity index (χ4v) is 5.69. The Morgan fingerprint density at radius 2 is 1.79 bits per heavy atom. The normalized spacial score (nSPS) is 14.4. The maximum absolute atomic E-state index is 15.1. The minimum Gasteiger partial charge on any atom is -0.368 e. The highest BCUT2D eigenvalue weighted by Crippen LogP contribution is 2.30. The van der Waals surface area contributed by atoms with Gasteiger partial charge in [0.05, 0.1) is 28.3 Å². The van der Waals surface area contributed by atoms with Crippen molar-refractivity contribution in [2.45, 2.75) is 19.9 Å². The second kappa shape index (κ2) is 10.8. The molecule has 1 saturated heterocycles. The van der Waals surface area contributed by atoms with E-state index in [0.717, 1.165) is 44.1 Å². The number of rotatable bonds is 6. The van der Waals surface area contributed by atoms with E-state index in [9.17, 15) is 14.0 Å². The van der Waals surface area contributed by atoms with Crippen LogP contribution in [0.25, 0.3) is 21.5 Å². The van der Waals surface area contributed by atoms with Gasteiger partial charge in [0, 0.05) is 37.8 Å². The minimum absolute atomic E-state index is 0.0269. The molecule has 0 aliphatic carbocycles. The molecule has 4 aromatic rings. The molecule has 1 aliphatic rings. The Bertz CT molecular complexity index is 1600. The lowest BCUT2D eigenvalue weighted by Gasteiger charge is -2.34. The summed E-state index contributed by atoms with van der Waals surface area (Å²) in [6.07, 6.45) is 4.83. The summed E-state index contributed by atoms with van der Waals surface area (Å²) < 4.78 is 32.7. The van der Waals surface area contributed by atoms with E-state index in [1.165, 1.54) is 10.6 Å².